The number of hydrogen-bond acceptors (Lipinski definition) is 5. The number of carboxylic acid groups (broad SMARTS) is 1. The van der Waals surface area contributed by atoms with E-state index in [9.17, 15) is 19.5 Å². The minimum Gasteiger partial charge on any atom is -0.476 e. The number of oxazole rings is 1. The summed E-state index contributed by atoms with van der Waals surface area (Å²) in [5.74, 6) is -1.32. The van der Waals surface area contributed by atoms with E-state index in [0.717, 1.165) is 38.3 Å². The summed E-state index contributed by atoms with van der Waals surface area (Å²) >= 11 is 0. The number of benzene rings is 3. The van der Waals surface area contributed by atoms with E-state index >= 15 is 0 Å². The molecule has 0 fully saturated rings. The van der Waals surface area contributed by atoms with Crippen LogP contribution in [0, 0.1) is 12.8 Å². The van der Waals surface area contributed by atoms with Crippen molar-refractivity contribution in [3.05, 3.63) is 102 Å². The van der Waals surface area contributed by atoms with E-state index in [0.29, 0.717) is 12.8 Å². The average molecular weight is 606 g/mol. The molecule has 0 saturated carbocycles. The van der Waals surface area contributed by atoms with Crippen LogP contribution in [-0.4, -0.2) is 43.2 Å². The summed E-state index contributed by atoms with van der Waals surface area (Å²) in [4.78, 5) is 44.0. The van der Waals surface area contributed by atoms with Gasteiger partial charge in [0.25, 0.3) is 0 Å². The summed E-state index contributed by atoms with van der Waals surface area (Å²) < 4.78 is 9.43. The first-order valence-electron chi connectivity index (χ1n) is 14.9. The van der Waals surface area contributed by atoms with Crippen molar-refractivity contribution in [1.82, 2.24) is 24.8 Å². The van der Waals surface area contributed by atoms with Crippen LogP contribution in [0.2, 0.25) is 0 Å². The number of nitrogens with zero attached hydrogens (tertiary/aromatic N) is 3. The normalized spacial score (nSPS) is 13.0. The zero-order chi connectivity index (χ0) is 31.8. The van der Waals surface area contributed by atoms with Crippen molar-refractivity contribution < 1.29 is 23.9 Å². The Bertz CT molecular complexity index is 2010. The number of nitrogens with one attached hydrogen (secondary N) is 2. The molecule has 3 aromatic carbocycles. The first-order valence-corrected chi connectivity index (χ1v) is 14.9. The van der Waals surface area contributed by atoms with E-state index < -0.39 is 30.0 Å². The molecule has 0 radical (unpaired) electrons. The third-order valence-corrected chi connectivity index (χ3v) is 8.14. The molecule has 10 heteroatoms. The Kier molecular flexibility index (Phi) is 7.88. The van der Waals surface area contributed by atoms with Gasteiger partial charge in [-0.15, -0.1) is 0 Å². The number of fused-ring (bicyclic) bond motifs is 4. The fourth-order valence-corrected chi connectivity index (χ4v) is 6.10. The molecule has 3 heterocycles. The molecular formula is C35H35N5O5. The average Bonchev–Trinajstić information content (AvgIpc) is 3.67. The van der Waals surface area contributed by atoms with Gasteiger partial charge in [0, 0.05) is 41.3 Å². The number of amides is 2. The van der Waals surface area contributed by atoms with Crippen molar-refractivity contribution in [2.45, 2.75) is 45.7 Å². The molecule has 0 spiro atoms. The minimum absolute atomic E-state index is 0.0818. The maximum absolute atomic E-state index is 14.1. The summed E-state index contributed by atoms with van der Waals surface area (Å²) in [7, 11) is 1.94. The van der Waals surface area contributed by atoms with Crippen LogP contribution in [0.3, 0.4) is 0 Å². The van der Waals surface area contributed by atoms with E-state index in [2.05, 4.69) is 15.6 Å². The monoisotopic (exact) mass is 605 g/mol. The highest BCUT2D eigenvalue weighted by Crippen LogP contribution is 2.30. The second kappa shape index (κ2) is 12.0. The maximum atomic E-state index is 14.1. The summed E-state index contributed by atoms with van der Waals surface area (Å²) in [6.45, 7) is 5.50. The first-order chi connectivity index (χ1) is 21.6. The van der Waals surface area contributed by atoms with Crippen molar-refractivity contribution in [3.8, 4) is 0 Å². The van der Waals surface area contributed by atoms with Crippen LogP contribution in [0.4, 0.5) is 4.79 Å². The predicted molar refractivity (Wildman–Crippen MR) is 172 cm³/mol. The third-order valence-electron chi connectivity index (χ3n) is 8.14. The van der Waals surface area contributed by atoms with Crippen molar-refractivity contribution in [2.24, 2.45) is 13.0 Å². The molecule has 45 heavy (non-hydrogen) atoms. The highest BCUT2D eigenvalue weighted by molar-refractivity contribution is 6.13. The van der Waals surface area contributed by atoms with Gasteiger partial charge >= 0.3 is 12.0 Å². The molecule has 2 amide bonds. The molecular weight excluding hydrogens is 570 g/mol. The summed E-state index contributed by atoms with van der Waals surface area (Å²) in [5.41, 5.74) is 3.22. The number of aromatic carboxylic acids is 1. The number of aromatic nitrogens is 3. The zero-order valence-corrected chi connectivity index (χ0v) is 25.6. The van der Waals surface area contributed by atoms with Crippen LogP contribution < -0.4 is 10.6 Å². The molecule has 2 atom stereocenters. The molecule has 230 valence electrons. The Morgan fingerprint density at radius 1 is 0.867 bits per heavy atom. The Morgan fingerprint density at radius 3 is 2.02 bits per heavy atom. The van der Waals surface area contributed by atoms with E-state index in [4.69, 9.17) is 4.42 Å². The topological polar surface area (TPSA) is 131 Å². The van der Waals surface area contributed by atoms with Crippen molar-refractivity contribution >= 4 is 50.6 Å². The van der Waals surface area contributed by atoms with Gasteiger partial charge in [-0.05, 0) is 43.0 Å². The molecule has 0 aliphatic carbocycles. The standard InChI is InChI=1S/C35H35N5O5/c1-20(2)17-26(37-35(44)40-29-15-9-6-12-24(29)25-13-7-10-16-30(25)40)32(41)36-27(33-38-31(34(42)43)21(3)45-33)18-22-19-39(4)28-14-8-5-11-23(22)28/h5-16,19-20,26-27H,17-18H2,1-4H3,(H,36,41)(H,37,44)(H,42,43)/t26-,27+/m0/s1. The highest BCUT2D eigenvalue weighted by Gasteiger charge is 2.30. The van der Waals surface area contributed by atoms with Gasteiger partial charge in [0.05, 0.1) is 11.0 Å². The smallest absolute Gasteiger partial charge is 0.358 e. The van der Waals surface area contributed by atoms with Crippen LogP contribution in [0.1, 0.15) is 54.0 Å². The molecule has 0 aliphatic rings. The SMILES string of the molecule is Cc1oc([C@@H](Cc2cn(C)c3ccccc23)NC(=O)[C@H](CC(C)C)NC(=O)n2c3ccccc3c3ccccc32)nc1C(=O)O. The van der Waals surface area contributed by atoms with E-state index in [1.165, 1.54) is 6.92 Å². The van der Waals surface area contributed by atoms with Gasteiger partial charge in [-0.25, -0.2) is 14.6 Å². The second-order valence-electron chi connectivity index (χ2n) is 11.8. The number of carbonyl (C=O) groups is 3. The van der Waals surface area contributed by atoms with Crippen molar-refractivity contribution in [2.75, 3.05) is 0 Å². The number of aryl methyl sites for hydroxylation is 2. The predicted octanol–water partition coefficient (Wildman–Crippen LogP) is 6.35. The molecule has 0 unspecified atom stereocenters. The summed E-state index contributed by atoms with van der Waals surface area (Å²) in [6, 6.07) is 21.2. The quantitative estimate of drug-likeness (QED) is 0.176. The molecule has 0 aliphatic heterocycles. The molecule has 0 saturated heterocycles. The highest BCUT2D eigenvalue weighted by atomic mass is 16.4. The third kappa shape index (κ3) is 5.66. The van der Waals surface area contributed by atoms with Crippen LogP contribution in [0.15, 0.2) is 83.4 Å². The fraction of sp³-hybridized carbons (Fsp3) is 0.257. The summed E-state index contributed by atoms with van der Waals surface area (Å²) in [5, 5.41) is 18.6. The summed E-state index contributed by atoms with van der Waals surface area (Å²) in [6.07, 6.45) is 2.65. The molecule has 3 N–H and O–H groups in total. The number of hydrogen-bond donors (Lipinski definition) is 3. The Balaban J connectivity index is 1.34. The Labute approximate surface area is 259 Å². The zero-order valence-electron chi connectivity index (χ0n) is 25.6. The van der Waals surface area contributed by atoms with Gasteiger partial charge in [-0.1, -0.05) is 68.4 Å². The number of carboxylic acids is 1. The van der Waals surface area contributed by atoms with E-state index in [1.54, 1.807) is 4.57 Å². The van der Waals surface area contributed by atoms with E-state index in [1.807, 2.05) is 104 Å². The Morgan fingerprint density at radius 2 is 1.44 bits per heavy atom. The molecule has 6 aromatic rings. The minimum atomic E-state index is -1.21. The lowest BCUT2D eigenvalue weighted by atomic mass is 10.0. The lowest BCUT2D eigenvalue weighted by Gasteiger charge is -2.23. The van der Waals surface area contributed by atoms with Crippen molar-refractivity contribution in [1.29, 1.82) is 0 Å². The fourth-order valence-electron chi connectivity index (χ4n) is 6.10. The van der Waals surface area contributed by atoms with Gasteiger partial charge in [-0.2, -0.15) is 0 Å². The van der Waals surface area contributed by atoms with Crippen LogP contribution in [-0.2, 0) is 18.3 Å². The first kappa shape index (κ1) is 29.7. The molecule has 3 aromatic heterocycles. The van der Waals surface area contributed by atoms with Gasteiger partial charge in [0.15, 0.2) is 5.69 Å². The van der Waals surface area contributed by atoms with Gasteiger partial charge in [0.1, 0.15) is 17.8 Å². The molecule has 6 rings (SSSR count). The Hall–Kier alpha value is -5.38. The molecule has 10 nitrogen and oxygen atoms in total. The van der Waals surface area contributed by atoms with Crippen molar-refractivity contribution in [3.63, 3.8) is 0 Å². The lowest BCUT2D eigenvalue weighted by molar-refractivity contribution is -0.124. The van der Waals surface area contributed by atoms with E-state index in [-0.39, 0.29) is 23.3 Å². The maximum Gasteiger partial charge on any atom is 0.358 e. The van der Waals surface area contributed by atoms with Gasteiger partial charge in [0.2, 0.25) is 11.8 Å². The van der Waals surface area contributed by atoms with Crippen LogP contribution in [0.5, 0.6) is 0 Å². The molecule has 0 bridgehead atoms. The van der Waals surface area contributed by atoms with Gasteiger partial charge < -0.3 is 24.7 Å². The largest absolute Gasteiger partial charge is 0.476 e. The number of carbonyl (C=O) groups excluding carboxylic acids is 2. The lowest BCUT2D eigenvalue weighted by Crippen LogP contribution is -2.49. The second-order valence-corrected chi connectivity index (χ2v) is 11.8. The number of para-hydroxylation sites is 3. The van der Waals surface area contributed by atoms with Crippen LogP contribution in [0.25, 0.3) is 32.7 Å². The van der Waals surface area contributed by atoms with Crippen LogP contribution >= 0.6 is 0 Å². The van der Waals surface area contributed by atoms with Gasteiger partial charge in [-0.3, -0.25) is 9.36 Å². The number of rotatable bonds is 9.